The lowest BCUT2D eigenvalue weighted by molar-refractivity contribution is 0.271. The Morgan fingerprint density at radius 1 is 0.565 bits per heavy atom. The second-order valence-electron chi connectivity index (χ2n) is 13.4. The van der Waals surface area contributed by atoms with Gasteiger partial charge in [0.2, 0.25) is 0 Å². The number of amidine groups is 4. The Balaban J connectivity index is 0.000000326. The van der Waals surface area contributed by atoms with Crippen molar-refractivity contribution in [2.75, 3.05) is 46.3 Å². The number of thiophene rings is 3. The highest BCUT2D eigenvalue weighted by molar-refractivity contribution is 8.14. The van der Waals surface area contributed by atoms with E-state index < -0.39 is 0 Å². The van der Waals surface area contributed by atoms with Crippen LogP contribution >= 0.6 is 106 Å². The molecule has 0 amide bonds. The van der Waals surface area contributed by atoms with E-state index in [-0.39, 0.29) is 35.1 Å². The van der Waals surface area contributed by atoms with Crippen molar-refractivity contribution in [2.24, 2.45) is 27.2 Å². The Kier molecular flexibility index (Phi) is 27.0. The SMILES string of the molecule is Cl.Cl.N=C(N)SCc1ccccc1CSC(=N)N.NCCc1cccs1.c1csc(CCN2CN=C(SCc3ccccc3CSC3=NCN(CCc4cccs4)CN3)NC2)c1. The average molecular weight is 1010 g/mol. The van der Waals surface area contributed by atoms with Crippen LogP contribution in [0, 0.1) is 10.8 Å². The molecule has 0 saturated carbocycles. The number of hydrogen-bond donors (Lipinski definition) is 7. The van der Waals surface area contributed by atoms with Gasteiger partial charge in [-0.15, -0.1) is 58.8 Å². The van der Waals surface area contributed by atoms with Gasteiger partial charge >= 0.3 is 0 Å². The van der Waals surface area contributed by atoms with Gasteiger partial charge in [0.1, 0.15) is 0 Å². The summed E-state index contributed by atoms with van der Waals surface area (Å²) < 4.78 is 0. The topological polar surface area (TPSA) is 181 Å². The van der Waals surface area contributed by atoms with Gasteiger partial charge in [0, 0.05) is 50.7 Å². The van der Waals surface area contributed by atoms with Gasteiger partial charge < -0.3 is 27.8 Å². The molecule has 2 aromatic carbocycles. The van der Waals surface area contributed by atoms with Crippen molar-refractivity contribution in [3.05, 3.63) is 138 Å². The first-order chi connectivity index (χ1) is 29.3. The Bertz CT molecular complexity index is 1920. The summed E-state index contributed by atoms with van der Waals surface area (Å²) in [5, 5.41) is 30.0. The molecule has 3 aromatic heterocycles. The van der Waals surface area contributed by atoms with E-state index in [9.17, 15) is 0 Å². The normalized spacial score (nSPS) is 13.6. The number of nitrogens with one attached hydrogen (secondary N) is 4. The fourth-order valence-corrected chi connectivity index (χ4v) is 10.8. The number of nitrogens with two attached hydrogens (primary N) is 3. The summed E-state index contributed by atoms with van der Waals surface area (Å²) in [7, 11) is 0. The number of halogens is 2. The second kappa shape index (κ2) is 31.2. The van der Waals surface area contributed by atoms with Crippen LogP contribution < -0.4 is 27.8 Å². The molecule has 0 spiro atoms. The molecule has 0 saturated heterocycles. The van der Waals surface area contributed by atoms with E-state index in [4.69, 9.17) is 38.0 Å². The summed E-state index contributed by atoms with van der Waals surface area (Å²) in [6, 6.07) is 29.5. The highest BCUT2D eigenvalue weighted by Gasteiger charge is 2.16. The molecule has 2 aliphatic rings. The van der Waals surface area contributed by atoms with Crippen molar-refractivity contribution in [1.82, 2.24) is 20.4 Å². The molecule has 336 valence electrons. The fourth-order valence-electron chi connectivity index (χ4n) is 5.72. The Labute approximate surface area is 408 Å². The molecule has 10 N–H and O–H groups in total. The first-order valence-corrected chi connectivity index (χ1v) is 26.0. The van der Waals surface area contributed by atoms with Crippen LogP contribution in [0.5, 0.6) is 0 Å². The van der Waals surface area contributed by atoms with Crippen LogP contribution in [0.25, 0.3) is 0 Å². The molecule has 0 atom stereocenters. The quantitative estimate of drug-likeness (QED) is 0.0370. The van der Waals surface area contributed by atoms with Gasteiger partial charge in [-0.1, -0.05) is 114 Å². The lowest BCUT2D eigenvalue weighted by Crippen LogP contribution is -2.42. The van der Waals surface area contributed by atoms with E-state index in [0.717, 1.165) is 98.5 Å². The van der Waals surface area contributed by atoms with Crippen molar-refractivity contribution in [3.63, 3.8) is 0 Å². The Morgan fingerprint density at radius 3 is 1.24 bits per heavy atom. The largest absolute Gasteiger partial charge is 0.379 e. The van der Waals surface area contributed by atoms with Gasteiger partial charge in [-0.2, -0.15) is 0 Å². The number of aliphatic imine (C=N–C) groups is 2. The van der Waals surface area contributed by atoms with E-state index in [2.05, 4.69) is 97.2 Å². The number of benzene rings is 2. The highest BCUT2D eigenvalue weighted by Crippen LogP contribution is 2.24. The van der Waals surface area contributed by atoms with Crippen molar-refractivity contribution in [3.8, 4) is 0 Å². The van der Waals surface area contributed by atoms with E-state index in [1.54, 1.807) is 34.9 Å². The van der Waals surface area contributed by atoms with E-state index in [1.807, 2.05) is 46.9 Å². The molecule has 5 aromatic rings. The zero-order valence-corrected chi connectivity index (χ0v) is 41.8. The lowest BCUT2D eigenvalue weighted by atomic mass is 10.1. The molecule has 62 heavy (non-hydrogen) atoms. The molecule has 0 aliphatic carbocycles. The predicted octanol–water partition coefficient (Wildman–Crippen LogP) is 9.15. The smallest absolute Gasteiger partial charge is 0.159 e. The monoisotopic (exact) mass is 1010 g/mol. The number of hydrogen-bond acceptors (Lipinski definition) is 16. The zero-order chi connectivity index (χ0) is 42.2. The van der Waals surface area contributed by atoms with E-state index in [0.29, 0.717) is 11.5 Å². The molecule has 11 nitrogen and oxygen atoms in total. The molecule has 0 fully saturated rings. The minimum absolute atomic E-state index is 0. The first kappa shape index (κ1) is 53.6. The van der Waals surface area contributed by atoms with Gasteiger partial charge in [0.25, 0.3) is 0 Å². The summed E-state index contributed by atoms with van der Waals surface area (Å²) in [5.74, 6) is 3.22. The van der Waals surface area contributed by atoms with Crippen LogP contribution in [0.3, 0.4) is 0 Å². The summed E-state index contributed by atoms with van der Waals surface area (Å²) in [6.45, 7) is 6.12. The molecule has 0 radical (unpaired) electrons. The van der Waals surface area contributed by atoms with Gasteiger partial charge in [0.15, 0.2) is 20.7 Å². The highest BCUT2D eigenvalue weighted by atomic mass is 35.5. The van der Waals surface area contributed by atoms with Crippen LogP contribution in [0.2, 0.25) is 0 Å². The summed E-state index contributed by atoms with van der Waals surface area (Å²) in [6.07, 6.45) is 3.21. The van der Waals surface area contributed by atoms with Crippen LogP contribution in [0.1, 0.15) is 36.9 Å². The van der Waals surface area contributed by atoms with Gasteiger partial charge in [-0.25, -0.2) is 9.98 Å². The fraction of sp³-hybridized carbons (Fsp3) is 0.333. The third-order valence-electron chi connectivity index (χ3n) is 8.95. The van der Waals surface area contributed by atoms with Gasteiger partial charge in [-0.3, -0.25) is 20.6 Å². The summed E-state index contributed by atoms with van der Waals surface area (Å²) in [5.41, 5.74) is 20.9. The van der Waals surface area contributed by atoms with Crippen LogP contribution in [0.4, 0.5) is 0 Å². The molecular formula is C42H57Cl2N11S7. The molecule has 20 heteroatoms. The van der Waals surface area contributed by atoms with Crippen molar-refractivity contribution < 1.29 is 0 Å². The maximum absolute atomic E-state index is 7.17. The molecule has 2 aliphatic heterocycles. The molecule has 7 rings (SSSR count). The predicted molar refractivity (Wildman–Crippen MR) is 284 cm³/mol. The van der Waals surface area contributed by atoms with Crippen molar-refractivity contribution in [2.45, 2.75) is 42.3 Å². The number of rotatable bonds is 16. The van der Waals surface area contributed by atoms with Crippen molar-refractivity contribution >= 4 is 127 Å². The first-order valence-electron chi connectivity index (χ1n) is 19.5. The standard InChI is InChI=1S/C26H32N6S4.C10H14N4S2.C6H9NS.2ClH/c1-2-6-22(16-36-26-29-19-32(20-30-26)12-10-24-8-4-14-34-24)21(5-1)15-35-25-27-17-31(18-28-25)11-9-23-7-3-13-33-23;11-9(12)15-5-7-3-1-2-4-8(7)6-16-10(13)14;7-4-3-6-2-1-5-8-6;;/h1-8,13-14H,9-12,15-20H2,(H,27,28)(H,29,30);1-4H,5-6H2,(H3,11,12)(H3,13,14);1-2,5H,3-4,7H2;2*1H. The van der Waals surface area contributed by atoms with Crippen LogP contribution in [-0.4, -0.2) is 76.8 Å². The minimum Gasteiger partial charge on any atom is -0.379 e. The average Bonchev–Trinajstić information content (AvgIpc) is 4.10. The van der Waals surface area contributed by atoms with E-state index in [1.165, 1.54) is 49.3 Å². The molecular weight excluding hydrogens is 954 g/mol. The maximum Gasteiger partial charge on any atom is 0.159 e. The van der Waals surface area contributed by atoms with Crippen molar-refractivity contribution in [1.29, 1.82) is 10.8 Å². The third kappa shape index (κ3) is 20.9. The number of thioether (sulfide) groups is 4. The Morgan fingerprint density at radius 2 is 0.935 bits per heavy atom. The summed E-state index contributed by atoms with van der Waals surface area (Å²) >= 11 is 11.6. The van der Waals surface area contributed by atoms with Crippen LogP contribution in [-0.2, 0) is 42.3 Å². The van der Waals surface area contributed by atoms with Gasteiger partial charge in [-0.05, 0) is 82.4 Å². The third-order valence-corrected chi connectivity index (χ3v) is 15.3. The van der Waals surface area contributed by atoms with E-state index >= 15 is 0 Å². The van der Waals surface area contributed by atoms with Crippen LogP contribution in [0.15, 0.2) is 111 Å². The molecule has 5 heterocycles. The second-order valence-corrected chi connectivity index (χ2v) is 20.4. The number of nitrogens with zero attached hydrogens (tertiary/aromatic N) is 4. The molecule has 0 unspecified atom stereocenters. The minimum atomic E-state index is 0. The Hall–Kier alpha value is -2.72. The van der Waals surface area contributed by atoms with Gasteiger partial charge in [0.05, 0.1) is 26.7 Å². The zero-order valence-electron chi connectivity index (χ0n) is 34.4. The maximum atomic E-state index is 7.17. The lowest BCUT2D eigenvalue weighted by Gasteiger charge is -2.26. The summed E-state index contributed by atoms with van der Waals surface area (Å²) in [4.78, 5) is 18.5. The molecule has 0 bridgehead atoms.